The van der Waals surface area contributed by atoms with Crippen LogP contribution in [-0.4, -0.2) is 40.1 Å². The molecule has 1 aromatic heterocycles. The zero-order chi connectivity index (χ0) is 33.6. The number of halogens is 1. The molecule has 0 saturated carbocycles. The minimum atomic E-state index is -0.868. The number of thiazole rings is 1. The zero-order valence-corrected chi connectivity index (χ0v) is 27.7. The van der Waals surface area contributed by atoms with Crippen molar-refractivity contribution in [3.8, 4) is 0 Å². The molecule has 12 heteroatoms. The van der Waals surface area contributed by atoms with Gasteiger partial charge in [-0.2, -0.15) is 0 Å². The molecule has 1 saturated heterocycles. The van der Waals surface area contributed by atoms with E-state index < -0.39 is 46.6 Å². The van der Waals surface area contributed by atoms with Gasteiger partial charge in [0.25, 0.3) is 0 Å². The second-order valence-corrected chi connectivity index (χ2v) is 14.5. The summed E-state index contributed by atoms with van der Waals surface area (Å²) in [7, 11) is 0. The van der Waals surface area contributed by atoms with Crippen molar-refractivity contribution < 1.29 is 28.3 Å². The second-order valence-electron chi connectivity index (χ2n) is 12.4. The Labute approximate surface area is 278 Å². The van der Waals surface area contributed by atoms with Crippen molar-refractivity contribution >= 4 is 58.2 Å². The van der Waals surface area contributed by atoms with Crippen LogP contribution < -0.4 is 15.1 Å². The molecule has 242 valence electrons. The molecule has 4 aromatic rings. The molecule has 0 bridgehead atoms. The molecule has 2 aliphatic rings. The van der Waals surface area contributed by atoms with Crippen LogP contribution in [0.25, 0.3) is 0 Å². The van der Waals surface area contributed by atoms with Crippen molar-refractivity contribution in [1.29, 1.82) is 0 Å². The number of carbonyl (C=O) groups excluding carboxylic acids is 4. The first-order chi connectivity index (χ1) is 22.4. The molecule has 47 heavy (non-hydrogen) atoms. The molecule has 1 fully saturated rings. The number of rotatable bonds is 7. The SMILES string of the molecule is CCOC(=O)c1ccc(N2C(=O)[C@@H]3[C@H](c4ccc(C(C)(C)C)cc4)c4sc(=O)n(CC(=O)Nc5ccc(F)cc5)c4S[C@@H]3C2=O)cc1. The third kappa shape index (κ3) is 6.15. The van der Waals surface area contributed by atoms with E-state index in [-0.39, 0.29) is 23.4 Å². The van der Waals surface area contributed by atoms with E-state index in [0.29, 0.717) is 26.8 Å². The van der Waals surface area contributed by atoms with E-state index >= 15 is 0 Å². The Morgan fingerprint density at radius 2 is 1.57 bits per heavy atom. The van der Waals surface area contributed by atoms with E-state index in [9.17, 15) is 28.4 Å². The summed E-state index contributed by atoms with van der Waals surface area (Å²) < 4.78 is 19.8. The maximum atomic E-state index is 14.2. The molecule has 0 radical (unpaired) electrons. The predicted molar refractivity (Wildman–Crippen MR) is 179 cm³/mol. The van der Waals surface area contributed by atoms with Gasteiger partial charge in [0.05, 0.1) is 28.8 Å². The van der Waals surface area contributed by atoms with E-state index in [2.05, 4.69) is 26.1 Å². The number of imide groups is 1. The van der Waals surface area contributed by atoms with Gasteiger partial charge in [0, 0.05) is 16.5 Å². The van der Waals surface area contributed by atoms with Crippen LogP contribution in [0.4, 0.5) is 15.8 Å². The highest BCUT2D eigenvalue weighted by atomic mass is 32.2. The van der Waals surface area contributed by atoms with Crippen molar-refractivity contribution in [2.45, 2.75) is 55.8 Å². The lowest BCUT2D eigenvalue weighted by Crippen LogP contribution is -2.33. The fourth-order valence-corrected chi connectivity index (χ4v) is 8.67. The molecule has 9 nitrogen and oxygen atoms in total. The Morgan fingerprint density at radius 1 is 0.915 bits per heavy atom. The van der Waals surface area contributed by atoms with Gasteiger partial charge in [-0.3, -0.25) is 23.7 Å². The number of anilines is 2. The van der Waals surface area contributed by atoms with E-state index in [1.165, 1.54) is 41.0 Å². The van der Waals surface area contributed by atoms with Crippen molar-refractivity contribution in [2.24, 2.45) is 5.92 Å². The van der Waals surface area contributed by atoms with Crippen LogP contribution >= 0.6 is 23.1 Å². The van der Waals surface area contributed by atoms with Crippen molar-refractivity contribution in [2.75, 3.05) is 16.8 Å². The highest BCUT2D eigenvalue weighted by Crippen LogP contribution is 2.54. The molecule has 0 spiro atoms. The Bertz CT molecular complexity index is 1930. The summed E-state index contributed by atoms with van der Waals surface area (Å²) in [5, 5.41) is 2.27. The van der Waals surface area contributed by atoms with Gasteiger partial charge in [-0.25, -0.2) is 14.1 Å². The molecule has 3 amide bonds. The van der Waals surface area contributed by atoms with Crippen LogP contribution in [0.1, 0.15) is 60.0 Å². The van der Waals surface area contributed by atoms with E-state index in [0.717, 1.165) is 39.1 Å². The third-order valence-electron chi connectivity index (χ3n) is 8.25. The van der Waals surface area contributed by atoms with E-state index in [1.54, 1.807) is 19.1 Å². The summed E-state index contributed by atoms with van der Waals surface area (Å²) in [6.07, 6.45) is 0. The molecule has 3 atom stereocenters. The van der Waals surface area contributed by atoms with Crippen LogP contribution in [0.15, 0.2) is 82.6 Å². The Morgan fingerprint density at radius 3 is 2.19 bits per heavy atom. The van der Waals surface area contributed by atoms with Gasteiger partial charge in [0.15, 0.2) is 0 Å². The minimum absolute atomic E-state index is 0.119. The lowest BCUT2D eigenvalue weighted by molar-refractivity contribution is -0.122. The van der Waals surface area contributed by atoms with Gasteiger partial charge in [-0.1, -0.05) is 68.1 Å². The highest BCUT2D eigenvalue weighted by molar-refractivity contribution is 8.00. The molecular formula is C35H32FN3O6S2. The summed E-state index contributed by atoms with van der Waals surface area (Å²) in [5.41, 5.74) is 2.74. The van der Waals surface area contributed by atoms with Crippen LogP contribution in [-0.2, 0) is 31.1 Å². The van der Waals surface area contributed by atoms with Gasteiger partial charge in [0.2, 0.25) is 17.7 Å². The summed E-state index contributed by atoms with van der Waals surface area (Å²) in [4.78, 5) is 68.3. The maximum Gasteiger partial charge on any atom is 0.338 e. The smallest absolute Gasteiger partial charge is 0.338 e. The molecule has 3 aromatic carbocycles. The van der Waals surface area contributed by atoms with Crippen LogP contribution in [0.5, 0.6) is 0 Å². The third-order valence-corrected chi connectivity index (χ3v) is 10.9. The predicted octanol–water partition coefficient (Wildman–Crippen LogP) is 5.96. The number of nitrogens with one attached hydrogen (secondary N) is 1. The summed E-state index contributed by atoms with van der Waals surface area (Å²) in [6, 6.07) is 19.3. The second kappa shape index (κ2) is 12.6. The quantitative estimate of drug-likeness (QED) is 0.190. The molecule has 0 unspecified atom stereocenters. The fourth-order valence-electron chi connectivity index (χ4n) is 5.90. The summed E-state index contributed by atoms with van der Waals surface area (Å²) in [5.74, 6) is -3.74. The molecule has 3 heterocycles. The largest absolute Gasteiger partial charge is 0.462 e. The first-order valence-corrected chi connectivity index (χ1v) is 16.8. The Kier molecular flexibility index (Phi) is 8.66. The molecule has 2 aliphatic heterocycles. The van der Waals surface area contributed by atoms with Gasteiger partial charge < -0.3 is 10.1 Å². The number of amides is 3. The minimum Gasteiger partial charge on any atom is -0.462 e. The molecule has 1 N–H and O–H groups in total. The molecule has 0 aliphatic carbocycles. The fraction of sp³-hybridized carbons (Fsp3) is 0.286. The van der Waals surface area contributed by atoms with Crippen LogP contribution in [0, 0.1) is 11.7 Å². The first kappa shape index (κ1) is 32.4. The molecular weight excluding hydrogens is 642 g/mol. The van der Waals surface area contributed by atoms with Gasteiger partial charge in [-0.05, 0) is 72.0 Å². The lowest BCUT2D eigenvalue weighted by Gasteiger charge is -2.31. The Balaban J connectivity index is 1.39. The van der Waals surface area contributed by atoms with Crippen LogP contribution in [0.3, 0.4) is 0 Å². The highest BCUT2D eigenvalue weighted by Gasteiger charge is 2.56. The average Bonchev–Trinajstić information content (AvgIpc) is 3.48. The first-order valence-electron chi connectivity index (χ1n) is 15.1. The topological polar surface area (TPSA) is 115 Å². The van der Waals surface area contributed by atoms with Crippen molar-refractivity contribution in [1.82, 2.24) is 4.57 Å². The van der Waals surface area contributed by atoms with Gasteiger partial charge in [-0.15, -0.1) is 0 Å². The number of carbonyl (C=O) groups is 4. The average molecular weight is 674 g/mol. The molecule has 6 rings (SSSR count). The number of benzene rings is 3. The van der Waals surface area contributed by atoms with E-state index in [4.69, 9.17) is 4.74 Å². The maximum absolute atomic E-state index is 14.2. The van der Waals surface area contributed by atoms with Crippen molar-refractivity contribution in [3.63, 3.8) is 0 Å². The van der Waals surface area contributed by atoms with Crippen LogP contribution in [0.2, 0.25) is 0 Å². The Hall–Kier alpha value is -4.55. The van der Waals surface area contributed by atoms with E-state index in [1.807, 2.05) is 24.3 Å². The summed E-state index contributed by atoms with van der Waals surface area (Å²) >= 11 is 2.08. The monoisotopic (exact) mass is 673 g/mol. The number of aromatic nitrogens is 1. The van der Waals surface area contributed by atoms with Gasteiger partial charge >= 0.3 is 10.8 Å². The normalized spacial score (nSPS) is 18.9. The number of fused-ring (bicyclic) bond motifs is 2. The number of hydrogen-bond acceptors (Lipinski definition) is 8. The van der Waals surface area contributed by atoms with Gasteiger partial charge in [0.1, 0.15) is 17.6 Å². The lowest BCUT2D eigenvalue weighted by atomic mass is 9.81. The number of nitrogens with zero attached hydrogens (tertiary/aromatic N) is 2. The standard InChI is InChI=1S/C35H32FN3O6S2/c1-5-45-33(43)20-8-16-24(17-9-20)39-30(41)27-26(19-6-10-21(11-7-19)35(2,3)4)29-32(46-28(27)31(39)42)38(34(44)47-29)18-25(40)37-23-14-12-22(36)13-15-23/h6-17,26-28H,5,18H2,1-4H3,(H,37,40)/t26-,27+,28-/m0/s1. The number of hydrogen-bond donors (Lipinski definition) is 1. The zero-order valence-electron chi connectivity index (χ0n) is 26.1. The number of thioether (sulfide) groups is 1. The van der Waals surface area contributed by atoms with Crippen molar-refractivity contribution in [3.05, 3.63) is 110 Å². The summed E-state index contributed by atoms with van der Waals surface area (Å²) in [6.45, 7) is 7.88. The number of esters is 1. The number of ether oxygens (including phenoxy) is 1.